The standard InChI is InChI=1S/C25H20ClFN4S/c1-16-7-9-17(10-8-16)31-24(23(29-25(31)32)21-5-2-3-13-28-21)22-6-4-14-30(22)18-11-12-20(27)19(26)15-18/h2-15,23-24H,1H3,(H,29,32)/t23-,24+/m0/s1. The van der Waals surface area contributed by atoms with Gasteiger partial charge in [-0.3, -0.25) is 4.98 Å². The zero-order chi connectivity index (χ0) is 22.2. The Morgan fingerprint density at radius 1 is 1.00 bits per heavy atom. The summed E-state index contributed by atoms with van der Waals surface area (Å²) in [4.78, 5) is 6.71. The molecule has 32 heavy (non-hydrogen) atoms. The molecule has 160 valence electrons. The number of hydrogen-bond donors (Lipinski definition) is 1. The summed E-state index contributed by atoms with van der Waals surface area (Å²) in [5, 5.41) is 4.17. The fourth-order valence-corrected chi connectivity index (χ4v) is 4.66. The van der Waals surface area contributed by atoms with Gasteiger partial charge >= 0.3 is 0 Å². The largest absolute Gasteiger partial charge is 0.351 e. The number of hydrogen-bond acceptors (Lipinski definition) is 2. The second kappa shape index (κ2) is 8.37. The molecule has 3 heterocycles. The first kappa shape index (κ1) is 20.7. The van der Waals surface area contributed by atoms with Crippen molar-refractivity contribution in [2.24, 2.45) is 0 Å². The molecule has 0 saturated carbocycles. The molecule has 1 N–H and O–H groups in total. The van der Waals surface area contributed by atoms with Crippen molar-refractivity contribution in [1.82, 2.24) is 14.9 Å². The molecular formula is C25H20ClFN4S. The van der Waals surface area contributed by atoms with Crippen LogP contribution in [0.5, 0.6) is 0 Å². The molecule has 2 aromatic carbocycles. The smallest absolute Gasteiger partial charge is 0.174 e. The lowest BCUT2D eigenvalue weighted by Crippen LogP contribution is -2.30. The van der Waals surface area contributed by atoms with E-state index in [0.717, 1.165) is 22.8 Å². The first-order valence-corrected chi connectivity index (χ1v) is 11.0. The van der Waals surface area contributed by atoms with Gasteiger partial charge in [0.2, 0.25) is 0 Å². The molecule has 1 aliphatic heterocycles. The molecule has 1 fully saturated rings. The van der Waals surface area contributed by atoms with Gasteiger partial charge in [0.1, 0.15) is 11.9 Å². The highest BCUT2D eigenvalue weighted by Gasteiger charge is 2.42. The summed E-state index contributed by atoms with van der Waals surface area (Å²) in [7, 11) is 0. The van der Waals surface area contributed by atoms with Gasteiger partial charge in [-0.1, -0.05) is 35.4 Å². The van der Waals surface area contributed by atoms with Crippen LogP contribution >= 0.6 is 23.8 Å². The monoisotopic (exact) mass is 462 g/mol. The normalized spacial score (nSPS) is 18.1. The van der Waals surface area contributed by atoms with Gasteiger partial charge in [0.15, 0.2) is 5.11 Å². The minimum Gasteiger partial charge on any atom is -0.351 e. The van der Waals surface area contributed by atoms with E-state index in [0.29, 0.717) is 5.11 Å². The van der Waals surface area contributed by atoms with Crippen LogP contribution in [0.3, 0.4) is 0 Å². The molecule has 0 bridgehead atoms. The van der Waals surface area contributed by atoms with Gasteiger partial charge in [0, 0.05) is 29.5 Å². The highest BCUT2D eigenvalue weighted by atomic mass is 35.5. The fraction of sp³-hybridized carbons (Fsp3) is 0.120. The summed E-state index contributed by atoms with van der Waals surface area (Å²) in [5.74, 6) is -0.444. The van der Waals surface area contributed by atoms with Crippen molar-refractivity contribution in [2.45, 2.75) is 19.0 Å². The highest BCUT2D eigenvalue weighted by molar-refractivity contribution is 7.80. The van der Waals surface area contributed by atoms with Gasteiger partial charge in [-0.15, -0.1) is 0 Å². The second-order valence-electron chi connectivity index (χ2n) is 7.73. The van der Waals surface area contributed by atoms with E-state index in [1.807, 2.05) is 35.0 Å². The summed E-state index contributed by atoms with van der Waals surface area (Å²) < 4.78 is 15.8. The van der Waals surface area contributed by atoms with Gasteiger partial charge in [-0.05, 0) is 73.7 Å². The molecule has 1 aliphatic rings. The van der Waals surface area contributed by atoms with E-state index in [2.05, 4.69) is 52.5 Å². The summed E-state index contributed by atoms with van der Waals surface area (Å²) in [6, 6.07) is 22.5. The zero-order valence-electron chi connectivity index (χ0n) is 17.2. The lowest BCUT2D eigenvalue weighted by atomic mass is 10.0. The Kier molecular flexibility index (Phi) is 5.41. The Labute approximate surface area is 196 Å². The number of anilines is 1. The molecule has 5 rings (SSSR count). The lowest BCUT2D eigenvalue weighted by molar-refractivity contribution is 0.549. The lowest BCUT2D eigenvalue weighted by Gasteiger charge is -2.29. The third-order valence-electron chi connectivity index (χ3n) is 5.67. The number of thiocarbonyl (C=S) groups is 1. The zero-order valence-corrected chi connectivity index (χ0v) is 18.8. The van der Waals surface area contributed by atoms with Crippen molar-refractivity contribution < 1.29 is 4.39 Å². The molecule has 7 heteroatoms. The summed E-state index contributed by atoms with van der Waals surface area (Å²) in [6.07, 6.45) is 3.73. The van der Waals surface area contributed by atoms with Gasteiger partial charge in [0.05, 0.1) is 16.8 Å². The fourth-order valence-electron chi connectivity index (χ4n) is 4.14. The molecule has 0 aliphatic carbocycles. The summed E-state index contributed by atoms with van der Waals surface area (Å²) >= 11 is 11.9. The van der Waals surface area contributed by atoms with E-state index in [-0.39, 0.29) is 17.1 Å². The van der Waals surface area contributed by atoms with Crippen molar-refractivity contribution in [2.75, 3.05) is 4.90 Å². The number of pyridine rings is 1. The summed E-state index contributed by atoms with van der Waals surface area (Å²) in [6.45, 7) is 2.06. The minimum atomic E-state index is -0.444. The van der Waals surface area contributed by atoms with Gasteiger partial charge in [-0.25, -0.2) is 4.39 Å². The van der Waals surface area contributed by atoms with E-state index < -0.39 is 5.82 Å². The molecular weight excluding hydrogens is 443 g/mol. The number of nitrogens with zero attached hydrogens (tertiary/aromatic N) is 3. The van der Waals surface area contributed by atoms with Crippen LogP contribution in [0.4, 0.5) is 10.1 Å². The summed E-state index contributed by atoms with van der Waals surface area (Å²) in [5.41, 5.74) is 4.81. The van der Waals surface area contributed by atoms with Crippen LogP contribution < -0.4 is 10.2 Å². The number of halogens is 2. The van der Waals surface area contributed by atoms with Crippen molar-refractivity contribution in [3.8, 4) is 5.69 Å². The molecule has 1 saturated heterocycles. The van der Waals surface area contributed by atoms with E-state index >= 15 is 0 Å². The number of aromatic nitrogens is 2. The highest BCUT2D eigenvalue weighted by Crippen LogP contribution is 2.42. The van der Waals surface area contributed by atoms with E-state index in [9.17, 15) is 4.39 Å². The average Bonchev–Trinajstić information content (AvgIpc) is 3.41. The van der Waals surface area contributed by atoms with Crippen molar-refractivity contribution in [3.05, 3.63) is 113 Å². The topological polar surface area (TPSA) is 33.1 Å². The number of benzene rings is 2. The van der Waals surface area contributed by atoms with Crippen LogP contribution in [0, 0.1) is 12.7 Å². The Morgan fingerprint density at radius 2 is 1.78 bits per heavy atom. The SMILES string of the molecule is Cc1ccc(N2C(=S)N[C@@H](c3ccccn3)[C@H]2c2cccn2-c2ccc(F)c(Cl)c2)cc1. The van der Waals surface area contributed by atoms with Crippen LogP contribution in [0.25, 0.3) is 5.69 Å². The Bertz CT molecular complexity index is 1270. The quantitative estimate of drug-likeness (QED) is 0.369. The Morgan fingerprint density at radius 3 is 2.50 bits per heavy atom. The van der Waals surface area contributed by atoms with E-state index in [1.165, 1.54) is 11.6 Å². The number of aryl methyl sites for hydroxylation is 1. The maximum atomic E-state index is 13.8. The second-order valence-corrected chi connectivity index (χ2v) is 8.53. The van der Waals surface area contributed by atoms with E-state index in [1.54, 1.807) is 18.3 Å². The maximum Gasteiger partial charge on any atom is 0.174 e. The van der Waals surface area contributed by atoms with Gasteiger partial charge < -0.3 is 14.8 Å². The minimum absolute atomic E-state index is 0.0823. The van der Waals surface area contributed by atoms with Crippen LogP contribution in [-0.4, -0.2) is 14.7 Å². The maximum absolute atomic E-state index is 13.8. The van der Waals surface area contributed by atoms with Crippen LogP contribution in [0.2, 0.25) is 5.02 Å². The third kappa shape index (κ3) is 3.66. The molecule has 0 amide bonds. The Balaban J connectivity index is 1.67. The molecule has 0 spiro atoms. The first-order valence-electron chi connectivity index (χ1n) is 10.2. The van der Waals surface area contributed by atoms with Crippen molar-refractivity contribution >= 4 is 34.6 Å². The molecule has 2 aromatic heterocycles. The number of rotatable bonds is 4. The van der Waals surface area contributed by atoms with E-state index in [4.69, 9.17) is 23.8 Å². The average molecular weight is 463 g/mol. The predicted octanol–water partition coefficient (Wildman–Crippen LogP) is 6.15. The van der Waals surface area contributed by atoms with Crippen LogP contribution in [0.15, 0.2) is 85.2 Å². The number of nitrogens with one attached hydrogen (secondary N) is 1. The van der Waals surface area contributed by atoms with Gasteiger partial charge in [0.25, 0.3) is 0 Å². The molecule has 4 aromatic rings. The van der Waals surface area contributed by atoms with Crippen molar-refractivity contribution in [3.63, 3.8) is 0 Å². The molecule has 0 unspecified atom stereocenters. The van der Waals surface area contributed by atoms with Crippen LogP contribution in [-0.2, 0) is 0 Å². The molecule has 4 nitrogen and oxygen atoms in total. The van der Waals surface area contributed by atoms with Gasteiger partial charge in [-0.2, -0.15) is 0 Å². The van der Waals surface area contributed by atoms with Crippen molar-refractivity contribution in [1.29, 1.82) is 0 Å². The predicted molar refractivity (Wildman–Crippen MR) is 130 cm³/mol. The first-order chi connectivity index (χ1) is 15.5. The molecule has 0 radical (unpaired) electrons. The molecule has 2 atom stereocenters. The van der Waals surface area contributed by atoms with Crippen LogP contribution in [0.1, 0.15) is 29.0 Å². The Hall–Kier alpha value is -3.22. The third-order valence-corrected chi connectivity index (χ3v) is 6.28.